The highest BCUT2D eigenvalue weighted by Crippen LogP contribution is 2.25. The number of nitro groups is 1. The average Bonchev–Trinajstić information content (AvgIpc) is 2.40. The Kier molecular flexibility index (Phi) is 6.41. The van der Waals surface area contributed by atoms with Crippen LogP contribution < -0.4 is 10.1 Å². The van der Waals surface area contributed by atoms with Crippen LogP contribution in [0, 0.1) is 10.1 Å². The van der Waals surface area contributed by atoms with E-state index in [0.29, 0.717) is 24.4 Å². The number of hydrogen-bond donors (Lipinski definition) is 1. The van der Waals surface area contributed by atoms with Gasteiger partial charge in [0, 0.05) is 30.7 Å². The molecule has 1 rings (SSSR count). The highest BCUT2D eigenvalue weighted by molar-refractivity contribution is 5.43. The first kappa shape index (κ1) is 17.2. The van der Waals surface area contributed by atoms with Crippen LogP contribution in [0.2, 0.25) is 0 Å². The van der Waals surface area contributed by atoms with Crippen LogP contribution in [0.15, 0.2) is 18.2 Å². The Balaban J connectivity index is 2.68. The molecule has 0 bridgehead atoms. The maximum atomic E-state index is 12.0. The van der Waals surface area contributed by atoms with Crippen molar-refractivity contribution in [3.8, 4) is 5.75 Å². The van der Waals surface area contributed by atoms with E-state index in [1.807, 2.05) is 6.92 Å². The molecule has 1 aromatic carbocycles. The number of ether oxygens (including phenoxy) is 1. The minimum Gasteiger partial charge on any atom is -0.493 e. The predicted octanol–water partition coefficient (Wildman–Crippen LogP) is 3.43. The molecule has 0 saturated carbocycles. The van der Waals surface area contributed by atoms with Gasteiger partial charge in [0.05, 0.1) is 11.5 Å². The molecule has 0 heterocycles. The van der Waals surface area contributed by atoms with Gasteiger partial charge in [0.15, 0.2) is 0 Å². The van der Waals surface area contributed by atoms with Crippen LogP contribution in [0.5, 0.6) is 5.75 Å². The maximum absolute atomic E-state index is 12.0. The number of nitro benzene ring substituents is 1. The third-order valence-corrected chi connectivity index (χ3v) is 2.68. The SMILES string of the molecule is CCNCc1cc([N+](=O)[O-])ccc1OCCCC(F)(F)F. The molecule has 0 unspecified atom stereocenters. The summed E-state index contributed by atoms with van der Waals surface area (Å²) in [5.41, 5.74) is 0.476. The van der Waals surface area contributed by atoms with E-state index in [0.717, 1.165) is 0 Å². The molecule has 0 spiro atoms. The van der Waals surface area contributed by atoms with Crippen LogP contribution in [0.4, 0.5) is 18.9 Å². The number of nitrogens with one attached hydrogen (secondary N) is 1. The Hall–Kier alpha value is -1.83. The normalized spacial score (nSPS) is 11.4. The van der Waals surface area contributed by atoms with E-state index in [4.69, 9.17) is 4.74 Å². The molecule has 0 fully saturated rings. The zero-order chi connectivity index (χ0) is 15.9. The molecule has 0 atom stereocenters. The molecule has 0 saturated heterocycles. The fraction of sp³-hybridized carbons (Fsp3) is 0.538. The van der Waals surface area contributed by atoms with Crippen LogP contribution in [0.1, 0.15) is 25.3 Å². The highest BCUT2D eigenvalue weighted by Gasteiger charge is 2.26. The number of non-ortho nitro benzene ring substituents is 1. The van der Waals surface area contributed by atoms with Crippen LogP contribution in [0.3, 0.4) is 0 Å². The van der Waals surface area contributed by atoms with Crippen LogP contribution >= 0.6 is 0 Å². The molecule has 1 aromatic rings. The number of halogens is 3. The fourth-order valence-corrected chi connectivity index (χ4v) is 1.67. The van der Waals surface area contributed by atoms with Crippen molar-refractivity contribution < 1.29 is 22.8 Å². The highest BCUT2D eigenvalue weighted by atomic mass is 19.4. The summed E-state index contributed by atoms with van der Waals surface area (Å²) in [7, 11) is 0. The Bertz CT molecular complexity index is 478. The summed E-state index contributed by atoms with van der Waals surface area (Å²) in [4.78, 5) is 10.2. The molecule has 21 heavy (non-hydrogen) atoms. The topological polar surface area (TPSA) is 64.4 Å². The van der Waals surface area contributed by atoms with E-state index in [1.165, 1.54) is 18.2 Å². The van der Waals surface area contributed by atoms with Crippen molar-refractivity contribution in [3.05, 3.63) is 33.9 Å². The van der Waals surface area contributed by atoms with E-state index in [1.54, 1.807) is 0 Å². The molecule has 8 heteroatoms. The van der Waals surface area contributed by atoms with Crippen LogP contribution in [0.25, 0.3) is 0 Å². The Morgan fingerprint density at radius 2 is 2.10 bits per heavy atom. The standard InChI is InChI=1S/C13H17F3N2O3/c1-2-17-9-10-8-11(18(19)20)4-5-12(10)21-7-3-6-13(14,15)16/h4-5,8,17H,2-3,6-7,9H2,1H3. The van der Waals surface area contributed by atoms with E-state index in [-0.39, 0.29) is 18.7 Å². The van der Waals surface area contributed by atoms with Gasteiger partial charge in [-0.15, -0.1) is 0 Å². The second-order valence-electron chi connectivity index (χ2n) is 4.40. The molecule has 0 aliphatic rings. The van der Waals surface area contributed by atoms with Crippen molar-refractivity contribution in [2.75, 3.05) is 13.2 Å². The van der Waals surface area contributed by atoms with Crippen LogP contribution in [-0.2, 0) is 6.54 Å². The van der Waals surface area contributed by atoms with Gasteiger partial charge in [-0.3, -0.25) is 10.1 Å². The molecular weight excluding hydrogens is 289 g/mol. The molecular formula is C13H17F3N2O3. The van der Waals surface area contributed by atoms with Crippen molar-refractivity contribution in [1.29, 1.82) is 0 Å². The summed E-state index contributed by atoms with van der Waals surface area (Å²) >= 11 is 0. The van der Waals surface area contributed by atoms with E-state index >= 15 is 0 Å². The number of hydrogen-bond acceptors (Lipinski definition) is 4. The summed E-state index contributed by atoms with van der Waals surface area (Å²) in [6, 6.07) is 4.05. The lowest BCUT2D eigenvalue weighted by Crippen LogP contribution is -2.14. The van der Waals surface area contributed by atoms with Crippen molar-refractivity contribution in [1.82, 2.24) is 5.32 Å². The molecule has 0 aliphatic carbocycles. The van der Waals surface area contributed by atoms with Gasteiger partial charge in [-0.25, -0.2) is 0 Å². The zero-order valence-electron chi connectivity index (χ0n) is 11.6. The van der Waals surface area contributed by atoms with Gasteiger partial charge in [0.1, 0.15) is 5.75 Å². The largest absolute Gasteiger partial charge is 0.493 e. The number of alkyl halides is 3. The molecule has 118 valence electrons. The summed E-state index contributed by atoms with van der Waals surface area (Å²) in [5.74, 6) is 0.365. The minimum absolute atomic E-state index is 0.0782. The minimum atomic E-state index is -4.20. The van der Waals surface area contributed by atoms with Crippen LogP contribution in [-0.4, -0.2) is 24.3 Å². The summed E-state index contributed by atoms with van der Waals surface area (Å²) in [6.07, 6.45) is -5.27. The first-order valence-corrected chi connectivity index (χ1v) is 6.51. The van der Waals surface area contributed by atoms with E-state index < -0.39 is 17.5 Å². The van der Waals surface area contributed by atoms with Gasteiger partial charge < -0.3 is 10.1 Å². The van der Waals surface area contributed by atoms with E-state index in [9.17, 15) is 23.3 Å². The Morgan fingerprint density at radius 3 is 2.67 bits per heavy atom. The lowest BCUT2D eigenvalue weighted by molar-refractivity contribution is -0.384. The van der Waals surface area contributed by atoms with Gasteiger partial charge in [-0.2, -0.15) is 13.2 Å². The van der Waals surface area contributed by atoms with Gasteiger partial charge in [-0.1, -0.05) is 6.92 Å². The Morgan fingerprint density at radius 1 is 1.38 bits per heavy atom. The van der Waals surface area contributed by atoms with Gasteiger partial charge in [0.25, 0.3) is 5.69 Å². The number of rotatable bonds is 8. The maximum Gasteiger partial charge on any atom is 0.389 e. The van der Waals surface area contributed by atoms with Gasteiger partial charge >= 0.3 is 6.18 Å². The molecule has 0 amide bonds. The molecule has 0 radical (unpaired) electrons. The Labute approximate surface area is 120 Å². The first-order valence-electron chi connectivity index (χ1n) is 6.51. The summed E-state index contributed by atoms with van der Waals surface area (Å²) in [5, 5.41) is 13.7. The molecule has 5 nitrogen and oxygen atoms in total. The second-order valence-corrected chi connectivity index (χ2v) is 4.40. The van der Waals surface area contributed by atoms with Gasteiger partial charge in [0.2, 0.25) is 0 Å². The summed E-state index contributed by atoms with van der Waals surface area (Å²) in [6.45, 7) is 2.81. The molecule has 0 aliphatic heterocycles. The van der Waals surface area contributed by atoms with E-state index in [2.05, 4.69) is 5.32 Å². The van der Waals surface area contributed by atoms with Gasteiger partial charge in [-0.05, 0) is 19.0 Å². The zero-order valence-corrected chi connectivity index (χ0v) is 11.6. The molecule has 1 N–H and O–H groups in total. The first-order chi connectivity index (χ1) is 9.83. The lowest BCUT2D eigenvalue weighted by atomic mass is 10.1. The van der Waals surface area contributed by atoms with Crippen molar-refractivity contribution >= 4 is 5.69 Å². The third kappa shape index (κ3) is 6.44. The van der Waals surface area contributed by atoms with Crippen molar-refractivity contribution in [2.45, 2.75) is 32.5 Å². The second kappa shape index (κ2) is 7.82. The monoisotopic (exact) mass is 306 g/mol. The fourth-order valence-electron chi connectivity index (χ4n) is 1.67. The number of benzene rings is 1. The third-order valence-electron chi connectivity index (χ3n) is 2.68. The predicted molar refractivity (Wildman–Crippen MR) is 71.3 cm³/mol. The molecule has 0 aromatic heterocycles. The van der Waals surface area contributed by atoms with Crippen molar-refractivity contribution in [2.24, 2.45) is 0 Å². The average molecular weight is 306 g/mol. The smallest absolute Gasteiger partial charge is 0.389 e. The summed E-state index contributed by atoms with van der Waals surface area (Å²) < 4.78 is 41.4. The van der Waals surface area contributed by atoms with Crippen molar-refractivity contribution in [3.63, 3.8) is 0 Å². The number of nitrogens with zero attached hydrogens (tertiary/aromatic N) is 1. The quantitative estimate of drug-likeness (QED) is 0.454. The lowest BCUT2D eigenvalue weighted by Gasteiger charge is -2.12.